The Morgan fingerprint density at radius 3 is 2.11 bits per heavy atom. The van der Waals surface area contributed by atoms with Crippen molar-refractivity contribution in [1.29, 1.82) is 0 Å². The van der Waals surface area contributed by atoms with E-state index in [1.54, 1.807) is 0 Å². The Kier molecular flexibility index (Phi) is 6.02. The molecule has 0 radical (unpaired) electrons. The number of nitrogens with one attached hydrogen (secondary N) is 1. The van der Waals surface area contributed by atoms with Gasteiger partial charge in [-0.2, -0.15) is 0 Å². The van der Waals surface area contributed by atoms with Crippen LogP contribution < -0.4 is 5.32 Å². The molecule has 108 valence electrons. The lowest BCUT2D eigenvalue weighted by molar-refractivity contribution is 0.134. The maximum Gasteiger partial charge on any atom is 0.0233 e. The maximum atomic E-state index is 3.19. The first-order chi connectivity index (χ1) is 8.84. The predicted molar refractivity (Wildman–Crippen MR) is 84.5 cm³/mol. The van der Waals surface area contributed by atoms with Crippen molar-refractivity contribution in [3.63, 3.8) is 0 Å². The second-order valence-corrected chi connectivity index (χ2v) is 6.63. The van der Waals surface area contributed by atoms with E-state index in [-0.39, 0.29) is 0 Å². The minimum atomic E-state index is 0.321. The van der Waals surface area contributed by atoms with E-state index < -0.39 is 0 Å². The largest absolute Gasteiger partial charge is 0.319 e. The van der Waals surface area contributed by atoms with Crippen molar-refractivity contribution >= 4 is 0 Å². The van der Waals surface area contributed by atoms with E-state index in [0.29, 0.717) is 11.5 Å². The molecule has 0 saturated carbocycles. The number of hydrogen-bond donors (Lipinski definition) is 1. The van der Waals surface area contributed by atoms with Crippen LogP contribution in [-0.2, 0) is 13.0 Å². The summed E-state index contributed by atoms with van der Waals surface area (Å²) in [6.45, 7) is 11.3. The summed E-state index contributed by atoms with van der Waals surface area (Å²) in [5, 5.41) is 3.19. The van der Waals surface area contributed by atoms with Crippen LogP contribution in [0.2, 0.25) is 0 Å². The van der Waals surface area contributed by atoms with Crippen LogP contribution in [0.5, 0.6) is 0 Å². The molecule has 0 spiro atoms. The van der Waals surface area contributed by atoms with E-state index >= 15 is 0 Å². The molecule has 0 bridgehead atoms. The van der Waals surface area contributed by atoms with Gasteiger partial charge in [-0.15, -0.1) is 0 Å². The Labute approximate surface area is 119 Å². The van der Waals surface area contributed by atoms with Crippen LogP contribution in [0.15, 0.2) is 24.3 Å². The molecule has 2 heteroatoms. The minimum Gasteiger partial charge on any atom is -0.319 e. The topological polar surface area (TPSA) is 15.3 Å². The zero-order valence-electron chi connectivity index (χ0n) is 13.5. The van der Waals surface area contributed by atoms with Crippen molar-refractivity contribution in [2.45, 2.75) is 46.7 Å². The quantitative estimate of drug-likeness (QED) is 0.846. The van der Waals surface area contributed by atoms with Crippen molar-refractivity contribution in [1.82, 2.24) is 10.2 Å². The highest BCUT2D eigenvalue weighted by atomic mass is 15.1. The number of hydrogen-bond acceptors (Lipinski definition) is 2. The fourth-order valence-corrected chi connectivity index (χ4v) is 2.17. The zero-order valence-corrected chi connectivity index (χ0v) is 13.5. The molecule has 0 fully saturated rings. The molecule has 1 aromatic carbocycles. The van der Waals surface area contributed by atoms with Gasteiger partial charge in [0.15, 0.2) is 0 Å². The second kappa shape index (κ2) is 7.06. The molecule has 0 heterocycles. The van der Waals surface area contributed by atoms with Crippen LogP contribution in [0.25, 0.3) is 0 Å². The summed E-state index contributed by atoms with van der Waals surface area (Å²) in [5.74, 6) is 0. The number of rotatable bonds is 6. The summed E-state index contributed by atoms with van der Waals surface area (Å²) in [5.41, 5.74) is 3.12. The monoisotopic (exact) mass is 262 g/mol. The molecule has 19 heavy (non-hydrogen) atoms. The molecule has 2 nitrogen and oxygen atoms in total. The fourth-order valence-electron chi connectivity index (χ4n) is 2.17. The number of likely N-dealkylation sites (N-methyl/N-ethyl adjacent to an activating group) is 1. The smallest absolute Gasteiger partial charge is 0.0233 e. The Balaban J connectivity index is 2.58. The van der Waals surface area contributed by atoms with Crippen LogP contribution in [0.3, 0.4) is 0 Å². The molecule has 1 atom stereocenters. The van der Waals surface area contributed by atoms with E-state index in [0.717, 1.165) is 19.5 Å². The number of nitrogens with zero attached hydrogens (tertiary/aromatic N) is 1. The third-order valence-electron chi connectivity index (χ3n) is 4.03. The van der Waals surface area contributed by atoms with Crippen LogP contribution in [0.1, 0.15) is 38.8 Å². The Morgan fingerprint density at radius 1 is 1.11 bits per heavy atom. The van der Waals surface area contributed by atoms with Gasteiger partial charge in [-0.05, 0) is 50.5 Å². The van der Waals surface area contributed by atoms with Gasteiger partial charge in [-0.1, -0.05) is 45.0 Å². The van der Waals surface area contributed by atoms with Gasteiger partial charge in [0.05, 0.1) is 0 Å². The van der Waals surface area contributed by atoms with Crippen LogP contribution in [-0.4, -0.2) is 31.6 Å². The predicted octanol–water partition coefficient (Wildman–Crippen LogP) is 3.31. The van der Waals surface area contributed by atoms with Gasteiger partial charge in [0.25, 0.3) is 0 Å². The molecule has 0 aromatic heterocycles. The van der Waals surface area contributed by atoms with E-state index in [1.165, 1.54) is 11.1 Å². The minimum absolute atomic E-state index is 0.321. The lowest BCUT2D eigenvalue weighted by Gasteiger charge is -2.35. The van der Waals surface area contributed by atoms with Crippen LogP contribution in [0, 0.1) is 5.41 Å². The van der Waals surface area contributed by atoms with E-state index in [4.69, 9.17) is 0 Å². The summed E-state index contributed by atoms with van der Waals surface area (Å²) in [6.07, 6.45) is 1.10. The standard InChI is InChI=1S/C17H30N2/c1-14(17(2,3)4)19(6)13-16-9-7-15(8-10-16)11-12-18-5/h7-10,14,18H,11-13H2,1-6H3. The van der Waals surface area contributed by atoms with Crippen molar-refractivity contribution in [3.8, 4) is 0 Å². The zero-order chi connectivity index (χ0) is 14.5. The van der Waals surface area contributed by atoms with Gasteiger partial charge in [0.1, 0.15) is 0 Å². The normalized spacial score (nSPS) is 13.8. The summed E-state index contributed by atoms with van der Waals surface area (Å²) in [7, 11) is 4.21. The molecule has 1 aromatic rings. The highest BCUT2D eigenvalue weighted by Crippen LogP contribution is 2.24. The third-order valence-corrected chi connectivity index (χ3v) is 4.03. The van der Waals surface area contributed by atoms with Gasteiger partial charge in [-0.25, -0.2) is 0 Å². The molecule has 1 unspecified atom stereocenters. The Hall–Kier alpha value is -0.860. The van der Waals surface area contributed by atoms with E-state index in [9.17, 15) is 0 Å². The van der Waals surface area contributed by atoms with Crippen molar-refractivity contribution in [3.05, 3.63) is 35.4 Å². The molecule has 0 aliphatic rings. The molecule has 1 rings (SSSR count). The van der Waals surface area contributed by atoms with Gasteiger partial charge < -0.3 is 5.32 Å². The third kappa shape index (κ3) is 5.33. The molecule has 1 N–H and O–H groups in total. The first-order valence-electron chi connectivity index (χ1n) is 7.27. The van der Waals surface area contributed by atoms with Crippen LogP contribution in [0.4, 0.5) is 0 Å². The van der Waals surface area contributed by atoms with E-state index in [1.807, 2.05) is 7.05 Å². The van der Waals surface area contributed by atoms with Gasteiger partial charge in [0, 0.05) is 12.6 Å². The molecular weight excluding hydrogens is 232 g/mol. The summed E-state index contributed by atoms with van der Waals surface area (Å²) in [4.78, 5) is 2.43. The Bertz CT molecular complexity index is 362. The first kappa shape index (κ1) is 16.2. The molecule has 0 saturated heterocycles. The van der Waals surface area contributed by atoms with Crippen molar-refractivity contribution < 1.29 is 0 Å². The molecule has 0 aliphatic heterocycles. The fraction of sp³-hybridized carbons (Fsp3) is 0.647. The lowest BCUT2D eigenvalue weighted by atomic mass is 9.87. The highest BCUT2D eigenvalue weighted by molar-refractivity contribution is 5.22. The van der Waals surface area contributed by atoms with Crippen molar-refractivity contribution in [2.75, 3.05) is 20.6 Å². The van der Waals surface area contributed by atoms with E-state index in [2.05, 4.69) is 69.2 Å². The maximum absolute atomic E-state index is 3.19. The average molecular weight is 262 g/mol. The highest BCUT2D eigenvalue weighted by Gasteiger charge is 2.23. The first-order valence-corrected chi connectivity index (χ1v) is 7.27. The summed E-state index contributed by atoms with van der Waals surface area (Å²) >= 11 is 0. The molecule has 0 amide bonds. The van der Waals surface area contributed by atoms with Gasteiger partial charge >= 0.3 is 0 Å². The summed E-state index contributed by atoms with van der Waals surface area (Å²) < 4.78 is 0. The molecular formula is C17H30N2. The van der Waals surface area contributed by atoms with Gasteiger partial charge in [0.2, 0.25) is 0 Å². The molecule has 0 aliphatic carbocycles. The second-order valence-electron chi connectivity index (χ2n) is 6.63. The lowest BCUT2D eigenvalue weighted by Crippen LogP contribution is -2.38. The summed E-state index contributed by atoms with van der Waals surface area (Å²) in [6, 6.07) is 9.59. The van der Waals surface area contributed by atoms with Crippen molar-refractivity contribution in [2.24, 2.45) is 5.41 Å². The number of benzene rings is 1. The Morgan fingerprint density at radius 2 is 1.63 bits per heavy atom. The average Bonchev–Trinajstić information content (AvgIpc) is 2.36. The van der Waals surface area contributed by atoms with Crippen LogP contribution >= 0.6 is 0 Å². The SMILES string of the molecule is CNCCc1ccc(CN(C)C(C)C(C)(C)C)cc1. The van der Waals surface area contributed by atoms with Gasteiger partial charge in [-0.3, -0.25) is 4.90 Å².